The number of amides is 1. The number of halogens is 1. The van der Waals surface area contributed by atoms with E-state index in [1.807, 2.05) is 30.3 Å². The second-order valence-electron chi connectivity index (χ2n) is 6.17. The predicted octanol–water partition coefficient (Wildman–Crippen LogP) is 1.90. The van der Waals surface area contributed by atoms with Gasteiger partial charge in [-0.1, -0.05) is 42.5 Å². The van der Waals surface area contributed by atoms with E-state index in [1.165, 1.54) is 24.3 Å². The van der Waals surface area contributed by atoms with Crippen molar-refractivity contribution in [3.63, 3.8) is 0 Å². The highest BCUT2D eigenvalue weighted by molar-refractivity contribution is 5.82. The molecule has 0 saturated heterocycles. The lowest BCUT2D eigenvalue weighted by molar-refractivity contribution is -0.149. The number of carboxylic acid groups (broad SMARTS) is 1. The summed E-state index contributed by atoms with van der Waals surface area (Å²) >= 11 is 0. The van der Waals surface area contributed by atoms with Crippen LogP contribution in [0.4, 0.5) is 4.39 Å². The zero-order chi connectivity index (χ0) is 19.8. The van der Waals surface area contributed by atoms with Crippen LogP contribution in [0.25, 0.3) is 0 Å². The van der Waals surface area contributed by atoms with Gasteiger partial charge in [-0.3, -0.25) is 4.79 Å². The minimum atomic E-state index is -1.81. The molecule has 0 aliphatic heterocycles. The van der Waals surface area contributed by atoms with Gasteiger partial charge in [0.2, 0.25) is 5.91 Å². The van der Waals surface area contributed by atoms with Gasteiger partial charge >= 0.3 is 5.97 Å². The molecule has 0 bridgehead atoms. The fourth-order valence-electron chi connectivity index (χ4n) is 2.46. The summed E-state index contributed by atoms with van der Waals surface area (Å²) in [4.78, 5) is 23.5. The molecule has 6 nitrogen and oxygen atoms in total. The Hall–Kier alpha value is -2.77. The number of carboxylic acids is 1. The molecule has 3 N–H and O–H groups in total. The summed E-state index contributed by atoms with van der Waals surface area (Å²) in [6.45, 7) is 1.76. The maximum Gasteiger partial charge on any atom is 0.334 e. The van der Waals surface area contributed by atoms with Crippen LogP contribution in [0, 0.1) is 5.82 Å². The van der Waals surface area contributed by atoms with Gasteiger partial charge < -0.3 is 20.3 Å². The number of rotatable bonds is 9. The van der Waals surface area contributed by atoms with E-state index in [0.717, 1.165) is 5.56 Å². The van der Waals surface area contributed by atoms with E-state index in [-0.39, 0.29) is 13.0 Å². The third kappa shape index (κ3) is 6.47. The summed E-state index contributed by atoms with van der Waals surface area (Å²) in [6.07, 6.45) is -2.62. The lowest BCUT2D eigenvalue weighted by Gasteiger charge is -2.23. The number of carbonyl (C=O) groups excluding carboxylic acids is 1. The Morgan fingerprint density at radius 3 is 2.30 bits per heavy atom. The van der Waals surface area contributed by atoms with Gasteiger partial charge in [-0.05, 0) is 36.6 Å². The zero-order valence-electron chi connectivity index (χ0n) is 14.8. The molecule has 0 aromatic heterocycles. The Balaban J connectivity index is 1.99. The van der Waals surface area contributed by atoms with E-state index < -0.39 is 35.9 Å². The summed E-state index contributed by atoms with van der Waals surface area (Å²) in [7, 11) is 0. The maximum atomic E-state index is 13.0. The average Bonchev–Trinajstić information content (AvgIpc) is 2.67. The summed E-state index contributed by atoms with van der Waals surface area (Å²) in [5, 5.41) is 21.5. The highest BCUT2D eigenvalue weighted by Crippen LogP contribution is 2.10. The van der Waals surface area contributed by atoms with Crippen molar-refractivity contribution in [2.24, 2.45) is 0 Å². The van der Waals surface area contributed by atoms with E-state index in [9.17, 15) is 19.1 Å². The van der Waals surface area contributed by atoms with Gasteiger partial charge in [0, 0.05) is 0 Å². The van der Waals surface area contributed by atoms with Crippen molar-refractivity contribution < 1.29 is 28.9 Å². The summed E-state index contributed by atoms with van der Waals surface area (Å²) < 4.78 is 18.5. The molecular weight excluding hydrogens is 353 g/mol. The number of aliphatic hydroxyl groups excluding tert-OH is 1. The fourth-order valence-corrected chi connectivity index (χ4v) is 2.46. The third-order valence-corrected chi connectivity index (χ3v) is 4.04. The largest absolute Gasteiger partial charge is 0.479 e. The molecule has 0 heterocycles. The van der Waals surface area contributed by atoms with Gasteiger partial charge in [0.15, 0.2) is 6.10 Å². The second-order valence-corrected chi connectivity index (χ2v) is 6.17. The Kier molecular flexibility index (Phi) is 7.45. The molecule has 2 rings (SSSR count). The molecular formula is C20H22FNO5. The van der Waals surface area contributed by atoms with Crippen LogP contribution >= 0.6 is 0 Å². The minimum absolute atomic E-state index is 0.0326. The van der Waals surface area contributed by atoms with E-state index in [0.29, 0.717) is 5.56 Å². The van der Waals surface area contributed by atoms with Crippen LogP contribution in [-0.4, -0.2) is 40.3 Å². The first kappa shape index (κ1) is 20.5. The number of hydrogen-bond donors (Lipinski definition) is 3. The normalized spacial score (nSPS) is 14.2. The van der Waals surface area contributed by atoms with Crippen LogP contribution in [0.1, 0.15) is 18.1 Å². The number of carbonyl (C=O) groups is 2. The molecule has 27 heavy (non-hydrogen) atoms. The monoisotopic (exact) mass is 375 g/mol. The number of benzene rings is 2. The van der Waals surface area contributed by atoms with Crippen molar-refractivity contribution in [1.82, 2.24) is 5.32 Å². The standard InChI is InChI=1S/C20H22FNO5/c1-13(27-12-15-5-3-2-4-6-15)19(24)22-17(18(23)20(25)26)11-14-7-9-16(21)10-8-14/h2-10,13,17-18,23H,11-12H2,1H3,(H,22,24)(H,25,26)/t13?,17-,18?/m1/s1. The highest BCUT2D eigenvalue weighted by Gasteiger charge is 2.29. The van der Waals surface area contributed by atoms with Crippen LogP contribution in [0.2, 0.25) is 0 Å². The van der Waals surface area contributed by atoms with Gasteiger partial charge in [-0.25, -0.2) is 9.18 Å². The van der Waals surface area contributed by atoms with E-state index in [2.05, 4.69) is 5.32 Å². The van der Waals surface area contributed by atoms with Crippen LogP contribution in [0.15, 0.2) is 54.6 Å². The van der Waals surface area contributed by atoms with Crippen LogP contribution < -0.4 is 5.32 Å². The molecule has 2 aromatic carbocycles. The van der Waals surface area contributed by atoms with E-state index >= 15 is 0 Å². The average molecular weight is 375 g/mol. The SMILES string of the molecule is CC(OCc1ccccc1)C(=O)N[C@H](Cc1ccc(F)cc1)C(O)C(=O)O. The number of aliphatic carboxylic acids is 1. The highest BCUT2D eigenvalue weighted by atomic mass is 19.1. The molecule has 2 aromatic rings. The number of ether oxygens (including phenoxy) is 1. The topological polar surface area (TPSA) is 95.9 Å². The van der Waals surface area contributed by atoms with Crippen LogP contribution in [0.3, 0.4) is 0 Å². The Bertz CT molecular complexity index is 751. The maximum absolute atomic E-state index is 13.0. The summed E-state index contributed by atoms with van der Waals surface area (Å²) in [5.41, 5.74) is 1.48. The second kappa shape index (κ2) is 9.80. The molecule has 144 valence electrons. The first-order chi connectivity index (χ1) is 12.9. The van der Waals surface area contributed by atoms with Gasteiger partial charge in [0.1, 0.15) is 11.9 Å². The number of hydrogen-bond acceptors (Lipinski definition) is 4. The van der Waals surface area contributed by atoms with Crippen molar-refractivity contribution in [1.29, 1.82) is 0 Å². The molecule has 0 aliphatic carbocycles. The van der Waals surface area contributed by atoms with Gasteiger partial charge in [0.05, 0.1) is 12.6 Å². The third-order valence-electron chi connectivity index (χ3n) is 4.04. The van der Waals surface area contributed by atoms with Gasteiger partial charge in [0.25, 0.3) is 0 Å². The van der Waals surface area contributed by atoms with Crippen molar-refractivity contribution >= 4 is 11.9 Å². The Morgan fingerprint density at radius 1 is 1.07 bits per heavy atom. The van der Waals surface area contributed by atoms with Gasteiger partial charge in [-0.15, -0.1) is 0 Å². The lowest BCUT2D eigenvalue weighted by atomic mass is 10.0. The molecule has 0 radical (unpaired) electrons. The van der Waals surface area contributed by atoms with Crippen molar-refractivity contribution in [2.45, 2.75) is 38.2 Å². The lowest BCUT2D eigenvalue weighted by Crippen LogP contribution is -2.51. The summed E-state index contributed by atoms with van der Waals surface area (Å²) in [5.74, 6) is -2.43. The molecule has 7 heteroatoms. The predicted molar refractivity (Wildman–Crippen MR) is 96.4 cm³/mol. The smallest absolute Gasteiger partial charge is 0.334 e. The Labute approximate surface area is 156 Å². The Morgan fingerprint density at radius 2 is 1.70 bits per heavy atom. The number of aliphatic hydroxyl groups is 1. The molecule has 0 spiro atoms. The van der Waals surface area contributed by atoms with Crippen molar-refractivity contribution in [3.8, 4) is 0 Å². The summed E-state index contributed by atoms with van der Waals surface area (Å²) in [6, 6.07) is 13.6. The molecule has 0 saturated carbocycles. The number of nitrogens with one attached hydrogen (secondary N) is 1. The first-order valence-corrected chi connectivity index (χ1v) is 8.48. The van der Waals surface area contributed by atoms with Gasteiger partial charge in [-0.2, -0.15) is 0 Å². The van der Waals surface area contributed by atoms with Crippen molar-refractivity contribution in [3.05, 3.63) is 71.5 Å². The molecule has 3 atom stereocenters. The molecule has 0 aliphatic rings. The van der Waals surface area contributed by atoms with Crippen LogP contribution in [-0.2, 0) is 27.4 Å². The minimum Gasteiger partial charge on any atom is -0.479 e. The first-order valence-electron chi connectivity index (χ1n) is 8.48. The molecule has 0 fully saturated rings. The van der Waals surface area contributed by atoms with E-state index in [1.54, 1.807) is 6.92 Å². The van der Waals surface area contributed by atoms with Crippen LogP contribution in [0.5, 0.6) is 0 Å². The molecule has 2 unspecified atom stereocenters. The quantitative estimate of drug-likeness (QED) is 0.622. The molecule has 1 amide bonds. The fraction of sp³-hybridized carbons (Fsp3) is 0.300. The van der Waals surface area contributed by atoms with E-state index in [4.69, 9.17) is 9.84 Å². The zero-order valence-corrected chi connectivity index (χ0v) is 14.8. The van der Waals surface area contributed by atoms with Crippen molar-refractivity contribution in [2.75, 3.05) is 0 Å².